The van der Waals surface area contributed by atoms with Crippen molar-refractivity contribution < 1.29 is 4.79 Å². The molecule has 23 heavy (non-hydrogen) atoms. The van der Waals surface area contributed by atoms with E-state index < -0.39 is 0 Å². The maximum absolute atomic E-state index is 12.5. The predicted octanol–water partition coefficient (Wildman–Crippen LogP) is 4.69. The van der Waals surface area contributed by atoms with Crippen LogP contribution in [0.15, 0.2) is 73.9 Å². The van der Waals surface area contributed by atoms with Gasteiger partial charge < -0.3 is 4.90 Å². The van der Waals surface area contributed by atoms with E-state index in [1.165, 1.54) is 0 Å². The van der Waals surface area contributed by atoms with E-state index in [0.29, 0.717) is 6.54 Å². The van der Waals surface area contributed by atoms with Gasteiger partial charge in [-0.3, -0.25) is 4.79 Å². The van der Waals surface area contributed by atoms with E-state index in [1.54, 1.807) is 17.1 Å². The van der Waals surface area contributed by atoms with Crippen molar-refractivity contribution in [3.63, 3.8) is 0 Å². The van der Waals surface area contributed by atoms with Crippen molar-refractivity contribution in [3.8, 4) is 11.1 Å². The van der Waals surface area contributed by atoms with Gasteiger partial charge in [0.15, 0.2) is 0 Å². The Morgan fingerprint density at radius 2 is 1.87 bits per heavy atom. The molecular weight excluding hydrogens is 282 g/mol. The van der Waals surface area contributed by atoms with Crippen LogP contribution in [-0.2, 0) is 6.54 Å². The second-order valence-corrected chi connectivity index (χ2v) is 5.65. The number of amides is 1. The summed E-state index contributed by atoms with van der Waals surface area (Å²) < 4.78 is 0. The van der Waals surface area contributed by atoms with Gasteiger partial charge >= 0.3 is 0 Å². The van der Waals surface area contributed by atoms with E-state index in [1.807, 2.05) is 31.3 Å². The van der Waals surface area contributed by atoms with Crippen LogP contribution in [0.25, 0.3) is 16.7 Å². The number of nitrogens with zero attached hydrogens (tertiary/aromatic N) is 1. The fraction of sp³-hybridized carbons (Fsp3) is 0.0952. The Kier molecular flexibility index (Phi) is 3.98. The Labute approximate surface area is 137 Å². The summed E-state index contributed by atoms with van der Waals surface area (Å²) in [6.07, 6.45) is 5.39. The van der Waals surface area contributed by atoms with Gasteiger partial charge in [-0.2, -0.15) is 0 Å². The number of allylic oxidation sites excluding steroid dienone is 4. The van der Waals surface area contributed by atoms with Gasteiger partial charge in [-0.05, 0) is 40.0 Å². The maximum Gasteiger partial charge on any atom is 0.254 e. The fourth-order valence-corrected chi connectivity index (χ4v) is 3.02. The first kappa shape index (κ1) is 15.0. The molecule has 2 nitrogen and oxygen atoms in total. The minimum Gasteiger partial charge on any atom is -0.337 e. The molecule has 0 aromatic heterocycles. The first-order valence-electron chi connectivity index (χ1n) is 7.59. The number of hydrogen-bond acceptors (Lipinski definition) is 1. The molecule has 114 valence electrons. The molecule has 2 aromatic carbocycles. The summed E-state index contributed by atoms with van der Waals surface area (Å²) in [5, 5.41) is 0. The van der Waals surface area contributed by atoms with Crippen LogP contribution in [0.1, 0.15) is 21.5 Å². The molecule has 0 spiro atoms. The van der Waals surface area contributed by atoms with E-state index in [2.05, 4.69) is 37.4 Å². The largest absolute Gasteiger partial charge is 0.337 e. The van der Waals surface area contributed by atoms with E-state index >= 15 is 0 Å². The Balaban J connectivity index is 2.27. The summed E-state index contributed by atoms with van der Waals surface area (Å²) in [5.74, 6) is 0.0615. The minimum atomic E-state index is 0.0615. The van der Waals surface area contributed by atoms with E-state index in [0.717, 1.165) is 33.4 Å². The van der Waals surface area contributed by atoms with Crippen molar-refractivity contribution in [2.45, 2.75) is 6.54 Å². The van der Waals surface area contributed by atoms with Crippen molar-refractivity contribution in [2.75, 3.05) is 7.05 Å². The lowest BCUT2D eigenvalue weighted by molar-refractivity contribution is 0.0816. The first-order chi connectivity index (χ1) is 11.2. The van der Waals surface area contributed by atoms with Gasteiger partial charge in [-0.25, -0.2) is 0 Å². The lowest BCUT2D eigenvalue weighted by atomic mass is 9.91. The topological polar surface area (TPSA) is 20.3 Å². The van der Waals surface area contributed by atoms with Gasteiger partial charge in [0.05, 0.1) is 5.56 Å². The first-order valence-corrected chi connectivity index (χ1v) is 7.59. The lowest BCUT2D eigenvalue weighted by Crippen LogP contribution is -2.18. The van der Waals surface area contributed by atoms with Gasteiger partial charge in [0.25, 0.3) is 5.91 Å². The second-order valence-electron chi connectivity index (χ2n) is 5.65. The molecule has 0 fully saturated rings. The van der Waals surface area contributed by atoms with E-state index in [-0.39, 0.29) is 5.91 Å². The van der Waals surface area contributed by atoms with Crippen molar-refractivity contribution in [2.24, 2.45) is 0 Å². The number of rotatable bonds is 4. The van der Waals surface area contributed by atoms with Gasteiger partial charge in [0.2, 0.25) is 0 Å². The Morgan fingerprint density at radius 3 is 2.52 bits per heavy atom. The molecule has 1 aliphatic rings. The van der Waals surface area contributed by atoms with Crippen LogP contribution < -0.4 is 0 Å². The SMILES string of the molecule is C=C/C=C(\C=C)c1cc(-c2ccccc2)cc2c1C(=O)N(C)C2. The van der Waals surface area contributed by atoms with Crippen molar-refractivity contribution >= 4 is 11.5 Å². The summed E-state index contributed by atoms with van der Waals surface area (Å²) in [4.78, 5) is 14.3. The van der Waals surface area contributed by atoms with Crippen molar-refractivity contribution in [3.05, 3.63) is 90.5 Å². The van der Waals surface area contributed by atoms with Crippen LogP contribution in [0.2, 0.25) is 0 Å². The molecule has 1 amide bonds. The molecule has 0 unspecified atom stereocenters. The summed E-state index contributed by atoms with van der Waals surface area (Å²) in [7, 11) is 1.83. The highest BCUT2D eigenvalue weighted by atomic mass is 16.2. The standard InChI is InChI=1S/C21H19NO/c1-4-9-15(5-2)19-13-17(16-10-7-6-8-11-16)12-18-14-22(3)21(23)20(18)19/h4-13H,1-2,14H2,3H3/b15-9+. The molecule has 0 radical (unpaired) electrons. The van der Waals surface area contributed by atoms with Crippen LogP contribution in [0.3, 0.4) is 0 Å². The lowest BCUT2D eigenvalue weighted by Gasteiger charge is -2.12. The van der Waals surface area contributed by atoms with Gasteiger partial charge in [-0.1, -0.05) is 61.7 Å². The zero-order valence-electron chi connectivity index (χ0n) is 13.3. The second kappa shape index (κ2) is 6.09. The minimum absolute atomic E-state index is 0.0615. The zero-order chi connectivity index (χ0) is 16.4. The smallest absolute Gasteiger partial charge is 0.254 e. The van der Waals surface area contributed by atoms with Crippen LogP contribution in [0, 0.1) is 0 Å². The van der Waals surface area contributed by atoms with Crippen LogP contribution >= 0.6 is 0 Å². The fourth-order valence-electron chi connectivity index (χ4n) is 3.02. The van der Waals surface area contributed by atoms with Crippen LogP contribution in [-0.4, -0.2) is 17.9 Å². The monoisotopic (exact) mass is 301 g/mol. The third-order valence-corrected chi connectivity index (χ3v) is 4.12. The normalized spacial score (nSPS) is 13.9. The summed E-state index contributed by atoms with van der Waals surface area (Å²) in [5.41, 5.74) is 5.92. The van der Waals surface area contributed by atoms with Gasteiger partial charge in [0, 0.05) is 13.6 Å². The van der Waals surface area contributed by atoms with E-state index in [9.17, 15) is 4.79 Å². The Morgan fingerprint density at radius 1 is 1.13 bits per heavy atom. The van der Waals surface area contributed by atoms with Crippen LogP contribution in [0.4, 0.5) is 0 Å². The van der Waals surface area contributed by atoms with Crippen molar-refractivity contribution in [1.82, 2.24) is 4.90 Å². The maximum atomic E-state index is 12.5. The summed E-state index contributed by atoms with van der Waals surface area (Å²) >= 11 is 0. The van der Waals surface area contributed by atoms with Crippen LogP contribution in [0.5, 0.6) is 0 Å². The third-order valence-electron chi connectivity index (χ3n) is 4.12. The van der Waals surface area contributed by atoms with Gasteiger partial charge in [-0.15, -0.1) is 0 Å². The van der Waals surface area contributed by atoms with Gasteiger partial charge in [0.1, 0.15) is 0 Å². The zero-order valence-corrected chi connectivity index (χ0v) is 13.3. The van der Waals surface area contributed by atoms with E-state index in [4.69, 9.17) is 0 Å². The number of benzene rings is 2. The molecule has 0 saturated heterocycles. The number of carbonyl (C=O) groups excluding carboxylic acids is 1. The molecule has 0 aliphatic carbocycles. The average Bonchev–Trinajstić information content (AvgIpc) is 2.87. The molecule has 1 heterocycles. The third kappa shape index (κ3) is 2.64. The molecular formula is C21H19NO. The predicted molar refractivity (Wildman–Crippen MR) is 96.0 cm³/mol. The summed E-state index contributed by atoms with van der Waals surface area (Å²) in [6.45, 7) is 8.29. The molecule has 2 heteroatoms. The summed E-state index contributed by atoms with van der Waals surface area (Å²) in [6, 6.07) is 14.4. The highest BCUT2D eigenvalue weighted by Gasteiger charge is 2.28. The number of fused-ring (bicyclic) bond motifs is 1. The Bertz CT molecular complexity index is 815. The molecule has 1 aliphatic heterocycles. The molecule has 0 saturated carbocycles. The highest BCUT2D eigenvalue weighted by Crippen LogP contribution is 2.34. The number of hydrogen-bond donors (Lipinski definition) is 0. The Hall–Kier alpha value is -2.87. The molecule has 3 rings (SSSR count). The van der Waals surface area contributed by atoms with Crippen molar-refractivity contribution in [1.29, 1.82) is 0 Å². The molecule has 0 bridgehead atoms. The molecule has 0 N–H and O–H groups in total. The quantitative estimate of drug-likeness (QED) is 0.750. The number of carbonyl (C=O) groups is 1. The molecule has 2 aromatic rings. The highest BCUT2D eigenvalue weighted by molar-refractivity contribution is 6.04. The molecule has 0 atom stereocenters. The average molecular weight is 301 g/mol.